The fourth-order valence-corrected chi connectivity index (χ4v) is 4.57. The van der Waals surface area contributed by atoms with Crippen molar-refractivity contribution in [2.75, 3.05) is 0 Å². The van der Waals surface area contributed by atoms with Gasteiger partial charge in [0.25, 0.3) is 5.91 Å². The summed E-state index contributed by atoms with van der Waals surface area (Å²) in [6.45, 7) is 3.93. The quantitative estimate of drug-likeness (QED) is 0.486. The van der Waals surface area contributed by atoms with Crippen molar-refractivity contribution in [3.05, 3.63) is 62.5 Å². The number of carbonyl (C=O) groups is 1. The Bertz CT molecular complexity index is 1100. The van der Waals surface area contributed by atoms with Crippen molar-refractivity contribution in [2.24, 2.45) is 0 Å². The van der Waals surface area contributed by atoms with E-state index in [0.29, 0.717) is 16.2 Å². The molecule has 26 heavy (non-hydrogen) atoms. The first kappa shape index (κ1) is 17.1. The summed E-state index contributed by atoms with van der Waals surface area (Å²) in [6.07, 6.45) is 6.86. The standard InChI is InChI=1S/C22H20ClNO2/c1-3-14(22(25)24-26)21-18-11-13-5-4-6-15-12(2)7-8-17(20(13)15)16(18)9-10-19(21)23/h3,6-10,26H,4-5,11H2,1-2H3,(H,24,25)/b14-3+. The molecule has 2 aromatic carbocycles. The van der Waals surface area contributed by atoms with Crippen LogP contribution in [0.5, 0.6) is 0 Å². The first-order valence-corrected chi connectivity index (χ1v) is 9.19. The Morgan fingerprint density at radius 3 is 2.73 bits per heavy atom. The zero-order valence-corrected chi connectivity index (χ0v) is 15.6. The van der Waals surface area contributed by atoms with E-state index in [0.717, 1.165) is 30.4 Å². The predicted molar refractivity (Wildman–Crippen MR) is 105 cm³/mol. The van der Waals surface area contributed by atoms with E-state index < -0.39 is 5.91 Å². The highest BCUT2D eigenvalue weighted by Gasteiger charge is 2.26. The molecule has 0 bridgehead atoms. The van der Waals surface area contributed by atoms with Gasteiger partial charge in [0.2, 0.25) is 0 Å². The van der Waals surface area contributed by atoms with Crippen LogP contribution < -0.4 is 15.9 Å². The molecule has 0 saturated heterocycles. The summed E-state index contributed by atoms with van der Waals surface area (Å²) in [5.41, 5.74) is 8.94. The average molecular weight is 366 g/mol. The third-order valence-corrected chi connectivity index (χ3v) is 5.77. The van der Waals surface area contributed by atoms with Gasteiger partial charge in [0.1, 0.15) is 0 Å². The molecule has 1 amide bonds. The number of hydrogen-bond donors (Lipinski definition) is 2. The van der Waals surface area contributed by atoms with Crippen LogP contribution in [-0.2, 0) is 11.2 Å². The van der Waals surface area contributed by atoms with E-state index in [-0.39, 0.29) is 0 Å². The van der Waals surface area contributed by atoms with Crippen LogP contribution in [0.3, 0.4) is 0 Å². The van der Waals surface area contributed by atoms with Crippen LogP contribution in [0, 0.1) is 6.92 Å². The van der Waals surface area contributed by atoms with Gasteiger partial charge < -0.3 is 0 Å². The highest BCUT2D eigenvalue weighted by Crippen LogP contribution is 2.38. The Morgan fingerprint density at radius 1 is 1.23 bits per heavy atom. The molecule has 0 spiro atoms. The summed E-state index contributed by atoms with van der Waals surface area (Å²) >= 11 is 6.51. The normalized spacial score (nSPS) is 15.1. The van der Waals surface area contributed by atoms with Crippen molar-refractivity contribution in [1.82, 2.24) is 5.48 Å². The zero-order chi connectivity index (χ0) is 18.4. The van der Waals surface area contributed by atoms with Crippen molar-refractivity contribution in [1.29, 1.82) is 0 Å². The van der Waals surface area contributed by atoms with Gasteiger partial charge in [0.15, 0.2) is 0 Å². The molecule has 2 N–H and O–H groups in total. The van der Waals surface area contributed by atoms with Crippen LogP contribution in [0.2, 0.25) is 5.02 Å². The van der Waals surface area contributed by atoms with E-state index in [4.69, 9.17) is 16.8 Å². The molecule has 4 rings (SSSR count). The third-order valence-electron chi connectivity index (χ3n) is 5.46. The number of halogens is 1. The second kappa shape index (κ2) is 6.42. The predicted octanol–water partition coefficient (Wildman–Crippen LogP) is 3.51. The van der Waals surface area contributed by atoms with Crippen LogP contribution in [-0.4, -0.2) is 11.1 Å². The molecule has 0 saturated carbocycles. The number of allylic oxidation sites excluding steroid dienone is 1. The molecule has 132 valence electrons. The minimum absolute atomic E-state index is 0.396. The maximum atomic E-state index is 12.2. The lowest BCUT2D eigenvalue weighted by atomic mass is 9.78. The van der Waals surface area contributed by atoms with Crippen molar-refractivity contribution >= 4 is 34.7 Å². The Morgan fingerprint density at radius 2 is 2.00 bits per heavy atom. The second-order valence-electron chi connectivity index (χ2n) is 6.83. The Balaban J connectivity index is 2.06. The van der Waals surface area contributed by atoms with Gasteiger partial charge in [-0.3, -0.25) is 10.0 Å². The first-order valence-electron chi connectivity index (χ1n) is 8.81. The number of aryl methyl sites for hydroxylation is 1. The lowest BCUT2D eigenvalue weighted by Gasteiger charge is -2.26. The highest BCUT2D eigenvalue weighted by atomic mass is 35.5. The summed E-state index contributed by atoms with van der Waals surface area (Å²) in [5, 5.41) is 12.3. The summed E-state index contributed by atoms with van der Waals surface area (Å²) in [6, 6.07) is 8.22. The fraction of sp³-hybridized carbons (Fsp3) is 0.227. The largest absolute Gasteiger partial charge is 0.288 e. The molecule has 2 aliphatic carbocycles. The fourth-order valence-electron chi connectivity index (χ4n) is 4.29. The first-order chi connectivity index (χ1) is 12.6. The topological polar surface area (TPSA) is 49.3 Å². The minimum atomic E-state index is -0.542. The number of hydroxylamine groups is 1. The molecule has 0 radical (unpaired) electrons. The Hall–Kier alpha value is -2.36. The molecule has 0 heterocycles. The number of carbonyl (C=O) groups excluding carboxylic acids is 1. The van der Waals surface area contributed by atoms with Gasteiger partial charge in [-0.1, -0.05) is 47.5 Å². The molecule has 4 heteroatoms. The Labute approximate surface area is 157 Å². The maximum Gasteiger partial charge on any atom is 0.274 e. The molecule has 0 aromatic heterocycles. The summed E-state index contributed by atoms with van der Waals surface area (Å²) in [7, 11) is 0. The molecule has 0 aliphatic heterocycles. The number of nitrogens with one attached hydrogen (secondary N) is 1. The minimum Gasteiger partial charge on any atom is -0.288 e. The second-order valence-corrected chi connectivity index (χ2v) is 7.24. The van der Waals surface area contributed by atoms with Gasteiger partial charge in [-0.2, -0.15) is 0 Å². The molecule has 0 atom stereocenters. The number of rotatable bonds is 2. The van der Waals surface area contributed by atoms with Crippen molar-refractivity contribution in [2.45, 2.75) is 33.1 Å². The lowest BCUT2D eigenvalue weighted by molar-refractivity contribution is -0.123. The molecular formula is C22H20ClNO2. The number of hydrogen-bond acceptors (Lipinski definition) is 2. The van der Waals surface area contributed by atoms with Gasteiger partial charge in [0, 0.05) is 16.2 Å². The monoisotopic (exact) mass is 365 g/mol. The number of amides is 1. The van der Waals surface area contributed by atoms with Crippen molar-refractivity contribution < 1.29 is 10.0 Å². The molecule has 0 fully saturated rings. The summed E-state index contributed by atoms with van der Waals surface area (Å²) in [4.78, 5) is 12.2. The number of fused-ring (bicyclic) bond motifs is 2. The maximum absolute atomic E-state index is 12.2. The number of benzene rings is 2. The van der Waals surface area contributed by atoms with Crippen LogP contribution >= 0.6 is 11.6 Å². The third kappa shape index (κ3) is 2.43. The van der Waals surface area contributed by atoms with E-state index >= 15 is 0 Å². The molecular weight excluding hydrogens is 346 g/mol. The van der Waals surface area contributed by atoms with E-state index in [9.17, 15) is 4.79 Å². The van der Waals surface area contributed by atoms with E-state index in [1.807, 2.05) is 12.1 Å². The van der Waals surface area contributed by atoms with Crippen LogP contribution in [0.4, 0.5) is 0 Å². The van der Waals surface area contributed by atoms with Gasteiger partial charge in [-0.15, -0.1) is 0 Å². The summed E-state index contributed by atoms with van der Waals surface area (Å²) in [5.74, 6) is -0.542. The van der Waals surface area contributed by atoms with Crippen molar-refractivity contribution in [3.8, 4) is 11.1 Å². The van der Waals surface area contributed by atoms with E-state index in [1.54, 1.807) is 18.5 Å². The van der Waals surface area contributed by atoms with Crippen LogP contribution in [0.1, 0.15) is 36.5 Å². The van der Waals surface area contributed by atoms with Crippen LogP contribution in [0.25, 0.3) is 28.3 Å². The molecule has 2 aromatic rings. The van der Waals surface area contributed by atoms with E-state index in [2.05, 4.69) is 25.1 Å². The molecule has 3 nitrogen and oxygen atoms in total. The van der Waals surface area contributed by atoms with Crippen molar-refractivity contribution in [3.63, 3.8) is 0 Å². The van der Waals surface area contributed by atoms with Gasteiger partial charge in [-0.25, -0.2) is 5.48 Å². The highest BCUT2D eigenvalue weighted by molar-refractivity contribution is 6.35. The molecule has 2 aliphatic rings. The Kier molecular flexibility index (Phi) is 4.22. The van der Waals surface area contributed by atoms with Crippen LogP contribution in [0.15, 0.2) is 30.3 Å². The SMILES string of the molecule is C/C=C(/C(=O)NO)c1c(Cl)ccc2c1CC1=c3c-2ccc(C)c3=CCC1. The summed E-state index contributed by atoms with van der Waals surface area (Å²) < 4.78 is 0. The van der Waals surface area contributed by atoms with E-state index in [1.165, 1.54) is 27.1 Å². The van der Waals surface area contributed by atoms with Gasteiger partial charge in [-0.05, 0) is 71.9 Å². The zero-order valence-electron chi connectivity index (χ0n) is 14.8. The van der Waals surface area contributed by atoms with Gasteiger partial charge >= 0.3 is 0 Å². The smallest absolute Gasteiger partial charge is 0.274 e. The lowest BCUT2D eigenvalue weighted by Crippen LogP contribution is -2.36. The van der Waals surface area contributed by atoms with Gasteiger partial charge in [0.05, 0.1) is 0 Å². The average Bonchev–Trinajstić information content (AvgIpc) is 2.66. The molecule has 0 unspecified atom stereocenters.